The Labute approximate surface area is 130 Å². The molecule has 104 valence electrons. The number of nitrogens with zero attached hydrogens (tertiary/aromatic N) is 2. The topological polar surface area (TPSA) is 37.5 Å². The van der Waals surface area contributed by atoms with Crippen molar-refractivity contribution in [1.82, 2.24) is 4.57 Å². The minimum Gasteiger partial charge on any atom is -0.410 e. The van der Waals surface area contributed by atoms with Crippen LogP contribution in [-0.2, 0) is 0 Å². The SMILES string of the molecule is CSc1sc2c(c1-c1ccccc1)-n1cccc1C2=NO. The van der Waals surface area contributed by atoms with E-state index in [1.165, 1.54) is 15.3 Å². The second-order valence-corrected chi connectivity index (χ2v) is 6.82. The van der Waals surface area contributed by atoms with Crippen LogP contribution in [0.4, 0.5) is 0 Å². The predicted molar refractivity (Wildman–Crippen MR) is 88.3 cm³/mol. The number of hydrogen-bond acceptors (Lipinski definition) is 4. The Morgan fingerprint density at radius 2 is 1.95 bits per heavy atom. The molecular weight excluding hydrogens is 300 g/mol. The van der Waals surface area contributed by atoms with Gasteiger partial charge in [-0.3, -0.25) is 0 Å². The molecule has 0 saturated carbocycles. The van der Waals surface area contributed by atoms with E-state index in [0.29, 0.717) is 5.71 Å². The summed E-state index contributed by atoms with van der Waals surface area (Å²) in [6, 6.07) is 14.3. The molecule has 1 aliphatic rings. The first-order chi connectivity index (χ1) is 10.3. The maximum Gasteiger partial charge on any atom is 0.145 e. The molecule has 0 aliphatic carbocycles. The Bertz CT molecular complexity index is 847. The van der Waals surface area contributed by atoms with E-state index in [1.54, 1.807) is 23.1 Å². The lowest BCUT2D eigenvalue weighted by atomic mass is 10.1. The van der Waals surface area contributed by atoms with Crippen LogP contribution < -0.4 is 0 Å². The summed E-state index contributed by atoms with van der Waals surface area (Å²) in [7, 11) is 0. The van der Waals surface area contributed by atoms with Gasteiger partial charge in [0.2, 0.25) is 0 Å². The molecule has 5 heteroatoms. The monoisotopic (exact) mass is 312 g/mol. The van der Waals surface area contributed by atoms with E-state index in [0.717, 1.165) is 16.3 Å². The highest BCUT2D eigenvalue weighted by Crippen LogP contribution is 2.48. The zero-order valence-electron chi connectivity index (χ0n) is 11.3. The summed E-state index contributed by atoms with van der Waals surface area (Å²) in [5, 5.41) is 12.9. The van der Waals surface area contributed by atoms with Gasteiger partial charge < -0.3 is 9.77 Å². The van der Waals surface area contributed by atoms with Crippen LogP contribution >= 0.6 is 23.1 Å². The standard InChI is InChI=1S/C16H12N2OS2/c1-20-16-12(10-6-3-2-4-7-10)14-15(21-16)13(17-19)11-8-5-9-18(11)14/h2-9,19H,1H3. The number of fused-ring (bicyclic) bond motifs is 3. The lowest BCUT2D eigenvalue weighted by Crippen LogP contribution is -1.96. The van der Waals surface area contributed by atoms with Crippen molar-refractivity contribution in [2.24, 2.45) is 5.16 Å². The molecule has 0 fully saturated rings. The number of hydrogen-bond donors (Lipinski definition) is 1. The van der Waals surface area contributed by atoms with Crippen molar-refractivity contribution in [3.63, 3.8) is 0 Å². The van der Waals surface area contributed by atoms with E-state index in [4.69, 9.17) is 0 Å². The molecule has 0 spiro atoms. The van der Waals surface area contributed by atoms with Crippen LogP contribution in [0.1, 0.15) is 10.6 Å². The van der Waals surface area contributed by atoms with Crippen molar-refractivity contribution < 1.29 is 5.21 Å². The van der Waals surface area contributed by atoms with Crippen LogP contribution in [0.15, 0.2) is 58.0 Å². The van der Waals surface area contributed by atoms with Crippen molar-refractivity contribution in [2.75, 3.05) is 6.26 Å². The molecule has 4 rings (SSSR count). The van der Waals surface area contributed by atoms with Crippen LogP contribution in [-0.4, -0.2) is 21.7 Å². The van der Waals surface area contributed by atoms with Gasteiger partial charge in [0.15, 0.2) is 0 Å². The third-order valence-electron chi connectivity index (χ3n) is 3.65. The summed E-state index contributed by atoms with van der Waals surface area (Å²) >= 11 is 3.42. The summed E-state index contributed by atoms with van der Waals surface area (Å²) in [5.41, 5.74) is 5.15. The molecule has 3 aromatic rings. The quantitative estimate of drug-likeness (QED) is 0.337. The van der Waals surface area contributed by atoms with Gasteiger partial charge in [-0.15, -0.1) is 23.1 Å². The summed E-state index contributed by atoms with van der Waals surface area (Å²) in [5.74, 6) is 0. The average molecular weight is 312 g/mol. The van der Waals surface area contributed by atoms with Gasteiger partial charge in [-0.2, -0.15) is 0 Å². The number of thiophene rings is 1. The van der Waals surface area contributed by atoms with Gasteiger partial charge in [0.05, 0.1) is 20.5 Å². The van der Waals surface area contributed by atoms with E-state index >= 15 is 0 Å². The molecule has 0 atom stereocenters. The van der Waals surface area contributed by atoms with Gasteiger partial charge in [-0.05, 0) is 24.0 Å². The fourth-order valence-electron chi connectivity index (χ4n) is 2.78. The Hall–Kier alpha value is -1.98. The fourth-order valence-corrected chi connectivity index (χ4v) is 4.82. The number of aromatic nitrogens is 1. The van der Waals surface area contributed by atoms with E-state index < -0.39 is 0 Å². The van der Waals surface area contributed by atoms with E-state index in [2.05, 4.69) is 40.2 Å². The van der Waals surface area contributed by atoms with Crippen LogP contribution in [0.3, 0.4) is 0 Å². The van der Waals surface area contributed by atoms with Crippen LogP contribution in [0.5, 0.6) is 0 Å². The molecule has 1 aromatic carbocycles. The first-order valence-electron chi connectivity index (χ1n) is 6.52. The maximum atomic E-state index is 9.40. The van der Waals surface area contributed by atoms with Crippen molar-refractivity contribution in [2.45, 2.75) is 4.21 Å². The van der Waals surface area contributed by atoms with E-state index in [9.17, 15) is 5.21 Å². The highest BCUT2D eigenvalue weighted by atomic mass is 32.2. The minimum atomic E-state index is 0.664. The summed E-state index contributed by atoms with van der Waals surface area (Å²) in [4.78, 5) is 1.04. The fraction of sp³-hybridized carbons (Fsp3) is 0.0625. The van der Waals surface area contributed by atoms with Crippen LogP contribution in [0.25, 0.3) is 16.8 Å². The van der Waals surface area contributed by atoms with Crippen molar-refractivity contribution >= 4 is 28.8 Å². The normalized spacial score (nSPS) is 14.4. The molecule has 0 bridgehead atoms. The molecule has 21 heavy (non-hydrogen) atoms. The Morgan fingerprint density at radius 1 is 1.14 bits per heavy atom. The van der Waals surface area contributed by atoms with Crippen LogP contribution in [0, 0.1) is 0 Å². The number of thioether (sulfide) groups is 1. The van der Waals surface area contributed by atoms with Crippen LogP contribution in [0.2, 0.25) is 0 Å². The summed E-state index contributed by atoms with van der Waals surface area (Å²) < 4.78 is 3.36. The number of benzene rings is 1. The zero-order valence-corrected chi connectivity index (χ0v) is 12.9. The molecule has 3 nitrogen and oxygen atoms in total. The van der Waals surface area contributed by atoms with Crippen molar-refractivity contribution in [1.29, 1.82) is 0 Å². The maximum absolute atomic E-state index is 9.40. The molecule has 0 unspecified atom stereocenters. The zero-order chi connectivity index (χ0) is 14.4. The summed E-state index contributed by atoms with van der Waals surface area (Å²) in [6.45, 7) is 0. The molecule has 3 heterocycles. The molecule has 1 N–H and O–H groups in total. The third kappa shape index (κ3) is 1.71. The predicted octanol–water partition coefficient (Wildman–Crippen LogP) is 4.47. The Balaban J connectivity index is 2.08. The Morgan fingerprint density at radius 3 is 2.67 bits per heavy atom. The third-order valence-corrected chi connectivity index (χ3v) is 5.95. The molecular formula is C16H12N2OS2. The minimum absolute atomic E-state index is 0.664. The van der Waals surface area contributed by atoms with Gasteiger partial charge in [0, 0.05) is 11.8 Å². The van der Waals surface area contributed by atoms with Gasteiger partial charge in [-0.1, -0.05) is 35.5 Å². The van der Waals surface area contributed by atoms with Gasteiger partial charge in [0.25, 0.3) is 0 Å². The van der Waals surface area contributed by atoms with E-state index in [-0.39, 0.29) is 0 Å². The van der Waals surface area contributed by atoms with Gasteiger partial charge in [-0.25, -0.2) is 0 Å². The smallest absolute Gasteiger partial charge is 0.145 e. The number of rotatable bonds is 2. The largest absolute Gasteiger partial charge is 0.410 e. The lowest BCUT2D eigenvalue weighted by molar-refractivity contribution is 0.320. The van der Waals surface area contributed by atoms with Gasteiger partial charge >= 0.3 is 0 Å². The van der Waals surface area contributed by atoms with Crippen molar-refractivity contribution in [3.05, 3.63) is 59.2 Å². The molecule has 0 radical (unpaired) electrons. The Kier molecular flexibility index (Phi) is 2.90. The average Bonchev–Trinajstić information content (AvgIpc) is 3.18. The lowest BCUT2D eigenvalue weighted by Gasteiger charge is -2.07. The van der Waals surface area contributed by atoms with Crippen molar-refractivity contribution in [3.8, 4) is 16.8 Å². The first kappa shape index (κ1) is 12.7. The van der Waals surface area contributed by atoms with E-state index in [1.807, 2.05) is 24.4 Å². The molecule has 0 saturated heterocycles. The second-order valence-electron chi connectivity index (χ2n) is 4.72. The molecule has 0 amide bonds. The molecule has 1 aliphatic heterocycles. The highest BCUT2D eigenvalue weighted by Gasteiger charge is 2.32. The second kappa shape index (κ2) is 4.79. The van der Waals surface area contributed by atoms with Gasteiger partial charge in [0.1, 0.15) is 5.71 Å². The summed E-state index contributed by atoms with van der Waals surface area (Å²) in [6.07, 6.45) is 4.11. The molecule has 2 aromatic heterocycles. The first-order valence-corrected chi connectivity index (χ1v) is 8.56. The number of oxime groups is 1. The highest BCUT2D eigenvalue weighted by molar-refractivity contribution is 8.00.